The molecule has 16 heavy (non-hydrogen) atoms. The Morgan fingerprint density at radius 3 is 2.50 bits per heavy atom. The molecule has 1 aromatic carbocycles. The maximum Gasteiger partial charge on any atom is 0.122 e. The molecule has 1 atom stereocenters. The molecule has 0 radical (unpaired) electrons. The van der Waals surface area contributed by atoms with Crippen LogP contribution in [0.1, 0.15) is 38.7 Å². The quantitative estimate of drug-likeness (QED) is 0.800. The zero-order valence-corrected chi connectivity index (χ0v) is 10.6. The number of ether oxygens (including phenoxy) is 1. The molecule has 0 bridgehead atoms. The van der Waals surface area contributed by atoms with Crippen LogP contribution in [0, 0.1) is 5.92 Å². The second-order valence-corrected chi connectivity index (χ2v) is 4.67. The molecule has 90 valence electrons. The Kier molecular flexibility index (Phi) is 5.33. The van der Waals surface area contributed by atoms with Crippen LogP contribution >= 0.6 is 0 Å². The van der Waals surface area contributed by atoms with Crippen molar-refractivity contribution < 1.29 is 4.74 Å². The number of hydrogen-bond acceptors (Lipinski definition) is 2. The maximum atomic E-state index is 5.82. The summed E-state index contributed by atoms with van der Waals surface area (Å²) in [7, 11) is 0. The van der Waals surface area contributed by atoms with Gasteiger partial charge in [0, 0.05) is 0 Å². The highest BCUT2D eigenvalue weighted by Gasteiger charge is 2.07. The average Bonchev–Trinajstić information content (AvgIpc) is 2.29. The number of benzene rings is 1. The van der Waals surface area contributed by atoms with Crippen LogP contribution in [0.15, 0.2) is 24.3 Å². The standard InChI is InChI=1S/C14H23NO/c1-11(2)13-6-4-5-7-14(13)16-9-8-12(3)10-15/h4-7,11-12H,8-10,15H2,1-3H3. The highest BCUT2D eigenvalue weighted by atomic mass is 16.5. The first-order valence-corrected chi connectivity index (χ1v) is 6.07. The highest BCUT2D eigenvalue weighted by Crippen LogP contribution is 2.25. The second kappa shape index (κ2) is 6.54. The van der Waals surface area contributed by atoms with E-state index in [-0.39, 0.29) is 0 Å². The summed E-state index contributed by atoms with van der Waals surface area (Å²) in [5, 5.41) is 0. The van der Waals surface area contributed by atoms with Crippen molar-refractivity contribution in [2.24, 2.45) is 11.7 Å². The molecule has 2 heteroatoms. The molecule has 2 nitrogen and oxygen atoms in total. The summed E-state index contributed by atoms with van der Waals surface area (Å²) in [5.74, 6) is 2.05. The van der Waals surface area contributed by atoms with E-state index < -0.39 is 0 Å². The van der Waals surface area contributed by atoms with E-state index in [1.807, 2.05) is 12.1 Å². The van der Waals surface area contributed by atoms with E-state index in [2.05, 4.69) is 32.9 Å². The molecule has 0 aromatic heterocycles. The molecule has 0 aliphatic heterocycles. The zero-order chi connectivity index (χ0) is 12.0. The van der Waals surface area contributed by atoms with Crippen molar-refractivity contribution in [3.63, 3.8) is 0 Å². The average molecular weight is 221 g/mol. The van der Waals surface area contributed by atoms with E-state index in [9.17, 15) is 0 Å². The van der Waals surface area contributed by atoms with Crippen molar-refractivity contribution in [1.29, 1.82) is 0 Å². The summed E-state index contributed by atoms with van der Waals surface area (Å²) in [6.45, 7) is 8.00. The van der Waals surface area contributed by atoms with Gasteiger partial charge in [0.05, 0.1) is 6.61 Å². The Labute approximate surface area is 98.8 Å². The van der Waals surface area contributed by atoms with Gasteiger partial charge in [0.25, 0.3) is 0 Å². The van der Waals surface area contributed by atoms with E-state index in [1.165, 1.54) is 5.56 Å². The number of hydrogen-bond donors (Lipinski definition) is 1. The van der Waals surface area contributed by atoms with Gasteiger partial charge in [0.1, 0.15) is 5.75 Å². The summed E-state index contributed by atoms with van der Waals surface area (Å²) in [4.78, 5) is 0. The van der Waals surface area contributed by atoms with Gasteiger partial charge in [-0.25, -0.2) is 0 Å². The fraction of sp³-hybridized carbons (Fsp3) is 0.571. The van der Waals surface area contributed by atoms with E-state index in [0.717, 1.165) is 25.3 Å². The molecule has 0 saturated heterocycles. The first-order valence-electron chi connectivity index (χ1n) is 6.07. The van der Waals surface area contributed by atoms with Crippen LogP contribution < -0.4 is 10.5 Å². The largest absolute Gasteiger partial charge is 0.493 e. The molecular weight excluding hydrogens is 198 g/mol. The van der Waals surface area contributed by atoms with Gasteiger partial charge in [-0.3, -0.25) is 0 Å². The molecule has 0 heterocycles. The third-order valence-corrected chi connectivity index (χ3v) is 2.81. The SMILES string of the molecule is CC(CN)CCOc1ccccc1C(C)C. The smallest absolute Gasteiger partial charge is 0.122 e. The number of nitrogens with two attached hydrogens (primary N) is 1. The van der Waals surface area contributed by atoms with Crippen molar-refractivity contribution in [3.8, 4) is 5.75 Å². The fourth-order valence-electron chi connectivity index (χ4n) is 1.58. The lowest BCUT2D eigenvalue weighted by Gasteiger charge is -2.15. The predicted molar refractivity (Wildman–Crippen MR) is 68.9 cm³/mol. The Morgan fingerprint density at radius 2 is 1.88 bits per heavy atom. The van der Waals surface area contributed by atoms with Crippen LogP contribution in [-0.4, -0.2) is 13.2 Å². The van der Waals surface area contributed by atoms with Gasteiger partial charge in [0.15, 0.2) is 0 Å². The fourth-order valence-corrected chi connectivity index (χ4v) is 1.58. The molecule has 0 saturated carbocycles. The van der Waals surface area contributed by atoms with Gasteiger partial charge in [0.2, 0.25) is 0 Å². The molecule has 1 aromatic rings. The van der Waals surface area contributed by atoms with Gasteiger partial charge in [-0.05, 0) is 36.4 Å². The minimum Gasteiger partial charge on any atom is -0.493 e. The summed E-state index contributed by atoms with van der Waals surface area (Å²) in [6, 6.07) is 8.26. The van der Waals surface area contributed by atoms with Crippen LogP contribution in [0.25, 0.3) is 0 Å². The third-order valence-electron chi connectivity index (χ3n) is 2.81. The van der Waals surface area contributed by atoms with Crippen LogP contribution in [0.2, 0.25) is 0 Å². The maximum absolute atomic E-state index is 5.82. The van der Waals surface area contributed by atoms with E-state index in [4.69, 9.17) is 10.5 Å². The second-order valence-electron chi connectivity index (χ2n) is 4.67. The van der Waals surface area contributed by atoms with Crippen molar-refractivity contribution in [2.45, 2.75) is 33.1 Å². The lowest BCUT2D eigenvalue weighted by molar-refractivity contribution is 0.282. The summed E-state index contributed by atoms with van der Waals surface area (Å²) in [6.07, 6.45) is 1.02. The Hall–Kier alpha value is -1.02. The molecule has 1 unspecified atom stereocenters. The van der Waals surface area contributed by atoms with Crippen molar-refractivity contribution >= 4 is 0 Å². The Bertz CT molecular complexity index is 309. The van der Waals surface area contributed by atoms with Crippen LogP contribution in [0.3, 0.4) is 0 Å². The molecule has 0 amide bonds. The first-order chi connectivity index (χ1) is 7.65. The zero-order valence-electron chi connectivity index (χ0n) is 10.6. The van der Waals surface area contributed by atoms with Crippen LogP contribution in [0.4, 0.5) is 0 Å². The van der Waals surface area contributed by atoms with Crippen molar-refractivity contribution in [3.05, 3.63) is 29.8 Å². The van der Waals surface area contributed by atoms with Crippen molar-refractivity contribution in [1.82, 2.24) is 0 Å². The monoisotopic (exact) mass is 221 g/mol. The number of rotatable bonds is 6. The van der Waals surface area contributed by atoms with Gasteiger partial charge in [-0.15, -0.1) is 0 Å². The van der Waals surface area contributed by atoms with Crippen LogP contribution in [0.5, 0.6) is 5.75 Å². The Morgan fingerprint density at radius 1 is 1.19 bits per heavy atom. The minimum absolute atomic E-state index is 0.503. The van der Waals surface area contributed by atoms with E-state index >= 15 is 0 Å². The van der Waals surface area contributed by atoms with Gasteiger partial charge in [-0.2, -0.15) is 0 Å². The summed E-state index contributed by atoms with van der Waals surface area (Å²) >= 11 is 0. The molecular formula is C14H23NO. The first kappa shape index (κ1) is 13.0. The highest BCUT2D eigenvalue weighted by molar-refractivity contribution is 5.35. The molecule has 1 rings (SSSR count). The van der Waals surface area contributed by atoms with E-state index in [1.54, 1.807) is 0 Å². The number of para-hydroxylation sites is 1. The molecule has 0 fully saturated rings. The lowest BCUT2D eigenvalue weighted by Crippen LogP contribution is -2.14. The summed E-state index contributed by atoms with van der Waals surface area (Å²) < 4.78 is 5.82. The summed E-state index contributed by atoms with van der Waals surface area (Å²) in [5.41, 5.74) is 6.85. The molecule has 2 N–H and O–H groups in total. The normalized spacial score (nSPS) is 12.8. The molecule has 0 spiro atoms. The third kappa shape index (κ3) is 3.86. The van der Waals surface area contributed by atoms with Crippen molar-refractivity contribution in [2.75, 3.05) is 13.2 Å². The Balaban J connectivity index is 2.53. The molecule has 0 aliphatic rings. The van der Waals surface area contributed by atoms with E-state index in [0.29, 0.717) is 11.8 Å². The topological polar surface area (TPSA) is 35.2 Å². The van der Waals surface area contributed by atoms with Gasteiger partial charge < -0.3 is 10.5 Å². The van der Waals surface area contributed by atoms with Crippen LogP contribution in [-0.2, 0) is 0 Å². The predicted octanol–water partition coefficient (Wildman–Crippen LogP) is 3.17. The minimum atomic E-state index is 0.503. The van der Waals surface area contributed by atoms with Gasteiger partial charge in [-0.1, -0.05) is 39.0 Å². The van der Waals surface area contributed by atoms with Gasteiger partial charge >= 0.3 is 0 Å². The molecule has 0 aliphatic carbocycles. The lowest BCUT2D eigenvalue weighted by atomic mass is 10.0.